The number of alkyl halides is 1. The van der Waals surface area contributed by atoms with Gasteiger partial charge in [-0.05, 0) is 12.8 Å². The molecule has 72 valence electrons. The van der Waals surface area contributed by atoms with Gasteiger partial charge in [-0.25, -0.2) is 4.79 Å². The van der Waals surface area contributed by atoms with E-state index in [0.29, 0.717) is 6.61 Å². The summed E-state index contributed by atoms with van der Waals surface area (Å²) in [7, 11) is 0. The molecule has 0 N–H and O–H groups in total. The number of allylic oxidation sites excluding steroid dienone is 2. The Morgan fingerprint density at radius 2 is 2.15 bits per heavy atom. The van der Waals surface area contributed by atoms with E-state index in [1.807, 2.05) is 12.2 Å². The predicted octanol–water partition coefficient (Wildman–Crippen LogP) is 2.64. The number of halogens is 1. The molecule has 0 radical (unpaired) electrons. The Labute approximate surface area is 86.2 Å². The summed E-state index contributed by atoms with van der Waals surface area (Å²) in [6, 6.07) is 0. The van der Waals surface area contributed by atoms with Crippen LogP contribution in [0.1, 0.15) is 12.8 Å². The molecular formula is C9H12BrNO2. The molecule has 0 spiro atoms. The summed E-state index contributed by atoms with van der Waals surface area (Å²) in [5, 5.41) is 0.853. The van der Waals surface area contributed by atoms with Crippen molar-refractivity contribution >= 4 is 22.0 Å². The van der Waals surface area contributed by atoms with Crippen molar-refractivity contribution in [1.29, 1.82) is 0 Å². The first kappa shape index (κ1) is 10.3. The van der Waals surface area contributed by atoms with E-state index in [-0.39, 0.29) is 6.09 Å². The van der Waals surface area contributed by atoms with E-state index in [9.17, 15) is 4.79 Å². The zero-order valence-corrected chi connectivity index (χ0v) is 8.87. The highest BCUT2D eigenvalue weighted by Crippen LogP contribution is 2.04. The lowest BCUT2D eigenvalue weighted by Crippen LogP contribution is -2.22. The molecule has 1 aliphatic rings. The molecule has 0 bridgehead atoms. The molecule has 0 saturated carbocycles. The minimum Gasteiger partial charge on any atom is -0.449 e. The normalized spacial score (nSPS) is 14.7. The molecule has 4 heteroatoms. The van der Waals surface area contributed by atoms with E-state index in [4.69, 9.17) is 4.74 Å². The van der Waals surface area contributed by atoms with Gasteiger partial charge in [-0.1, -0.05) is 28.1 Å². The third kappa shape index (κ3) is 3.63. The molecule has 1 aliphatic heterocycles. The molecule has 0 aliphatic carbocycles. The highest BCUT2D eigenvalue weighted by Gasteiger charge is 2.09. The van der Waals surface area contributed by atoms with Crippen molar-refractivity contribution in [3.05, 3.63) is 24.6 Å². The Morgan fingerprint density at radius 1 is 1.46 bits per heavy atom. The van der Waals surface area contributed by atoms with E-state index in [1.165, 1.54) is 4.90 Å². The summed E-state index contributed by atoms with van der Waals surface area (Å²) in [6.45, 7) is 0.461. The van der Waals surface area contributed by atoms with E-state index < -0.39 is 0 Å². The quantitative estimate of drug-likeness (QED) is 0.566. The van der Waals surface area contributed by atoms with Gasteiger partial charge in [0.05, 0.1) is 6.61 Å². The third-order valence-corrected chi connectivity index (χ3v) is 2.08. The van der Waals surface area contributed by atoms with Gasteiger partial charge in [0.2, 0.25) is 0 Å². The Kier molecular flexibility index (Phi) is 4.60. The molecule has 13 heavy (non-hydrogen) atoms. The number of hydrogen-bond donors (Lipinski definition) is 0. The number of nitrogens with zero attached hydrogens (tertiary/aromatic N) is 1. The molecule has 0 atom stereocenters. The van der Waals surface area contributed by atoms with E-state index in [0.717, 1.165) is 18.2 Å². The second-order valence-electron chi connectivity index (χ2n) is 2.57. The average Bonchev–Trinajstić information content (AvgIpc) is 2.19. The monoisotopic (exact) mass is 245 g/mol. The lowest BCUT2D eigenvalue weighted by Gasteiger charge is -2.15. The molecule has 0 unspecified atom stereocenters. The molecule has 0 aromatic rings. The molecule has 0 aromatic heterocycles. The van der Waals surface area contributed by atoms with Crippen LogP contribution in [-0.2, 0) is 4.74 Å². The van der Waals surface area contributed by atoms with Crippen LogP contribution in [0.4, 0.5) is 4.79 Å². The summed E-state index contributed by atoms with van der Waals surface area (Å²) in [6.07, 6.45) is 8.66. The van der Waals surface area contributed by atoms with Gasteiger partial charge in [0.1, 0.15) is 0 Å². The summed E-state index contributed by atoms with van der Waals surface area (Å²) in [5.41, 5.74) is 0. The number of amides is 1. The van der Waals surface area contributed by atoms with Crippen LogP contribution in [-0.4, -0.2) is 22.9 Å². The van der Waals surface area contributed by atoms with Gasteiger partial charge in [0.25, 0.3) is 0 Å². The van der Waals surface area contributed by atoms with Gasteiger partial charge >= 0.3 is 6.09 Å². The van der Waals surface area contributed by atoms with Crippen molar-refractivity contribution in [1.82, 2.24) is 4.90 Å². The minimum absolute atomic E-state index is 0.312. The fraction of sp³-hybridized carbons (Fsp3) is 0.444. The van der Waals surface area contributed by atoms with Gasteiger partial charge in [-0.15, -0.1) is 0 Å². The molecule has 0 aromatic carbocycles. The lowest BCUT2D eigenvalue weighted by molar-refractivity contribution is 0.128. The topological polar surface area (TPSA) is 29.5 Å². The molecule has 3 nitrogen and oxygen atoms in total. The van der Waals surface area contributed by atoms with Crippen LogP contribution in [0.5, 0.6) is 0 Å². The Hall–Kier alpha value is -0.770. The Morgan fingerprint density at radius 3 is 2.77 bits per heavy atom. The second kappa shape index (κ2) is 5.80. The van der Waals surface area contributed by atoms with Crippen molar-refractivity contribution in [2.24, 2.45) is 0 Å². The van der Waals surface area contributed by atoms with Crippen molar-refractivity contribution in [3.63, 3.8) is 0 Å². The number of hydrogen-bond acceptors (Lipinski definition) is 2. The number of carbonyl (C=O) groups is 1. The first-order valence-corrected chi connectivity index (χ1v) is 5.31. The summed E-state index contributed by atoms with van der Waals surface area (Å²) in [5.74, 6) is 0. The maximum atomic E-state index is 11.3. The fourth-order valence-electron chi connectivity index (χ4n) is 0.887. The SMILES string of the molecule is O=C(OCCCBr)N1C=CCC=C1. The van der Waals surface area contributed by atoms with Crippen molar-refractivity contribution in [2.45, 2.75) is 12.8 Å². The number of ether oxygens (including phenoxy) is 1. The third-order valence-electron chi connectivity index (χ3n) is 1.52. The Bertz CT molecular complexity index is 214. The van der Waals surface area contributed by atoms with Crippen LogP contribution in [0.25, 0.3) is 0 Å². The van der Waals surface area contributed by atoms with Crippen LogP contribution in [0.15, 0.2) is 24.6 Å². The van der Waals surface area contributed by atoms with Gasteiger partial charge in [0, 0.05) is 17.7 Å². The van der Waals surface area contributed by atoms with Crippen LogP contribution >= 0.6 is 15.9 Å². The molecule has 1 amide bonds. The zero-order valence-electron chi connectivity index (χ0n) is 7.28. The van der Waals surface area contributed by atoms with Crippen molar-refractivity contribution in [3.8, 4) is 0 Å². The van der Waals surface area contributed by atoms with Crippen LogP contribution in [0.2, 0.25) is 0 Å². The minimum atomic E-state index is -0.312. The van der Waals surface area contributed by atoms with E-state index in [2.05, 4.69) is 15.9 Å². The lowest BCUT2D eigenvalue weighted by atomic mass is 10.3. The van der Waals surface area contributed by atoms with Gasteiger partial charge in [-0.3, -0.25) is 4.90 Å². The molecule has 1 heterocycles. The summed E-state index contributed by atoms with van der Waals surface area (Å²) >= 11 is 3.26. The van der Waals surface area contributed by atoms with Crippen LogP contribution in [0, 0.1) is 0 Å². The van der Waals surface area contributed by atoms with Gasteiger partial charge in [0.15, 0.2) is 0 Å². The maximum Gasteiger partial charge on any atom is 0.417 e. The highest BCUT2D eigenvalue weighted by atomic mass is 79.9. The molecule has 1 rings (SSSR count). The molecule has 0 fully saturated rings. The van der Waals surface area contributed by atoms with Crippen LogP contribution < -0.4 is 0 Å². The standard InChI is InChI=1S/C9H12BrNO2/c10-5-4-8-13-9(12)11-6-2-1-3-7-11/h2-3,6-7H,1,4-5,8H2. The van der Waals surface area contributed by atoms with E-state index in [1.54, 1.807) is 12.4 Å². The van der Waals surface area contributed by atoms with E-state index >= 15 is 0 Å². The number of rotatable bonds is 3. The van der Waals surface area contributed by atoms with Gasteiger partial charge in [-0.2, -0.15) is 0 Å². The summed E-state index contributed by atoms with van der Waals surface area (Å²) < 4.78 is 4.98. The first-order valence-electron chi connectivity index (χ1n) is 4.19. The smallest absolute Gasteiger partial charge is 0.417 e. The van der Waals surface area contributed by atoms with Gasteiger partial charge < -0.3 is 4.74 Å². The average molecular weight is 246 g/mol. The van der Waals surface area contributed by atoms with Crippen molar-refractivity contribution in [2.75, 3.05) is 11.9 Å². The largest absolute Gasteiger partial charge is 0.449 e. The predicted molar refractivity (Wildman–Crippen MR) is 54.5 cm³/mol. The van der Waals surface area contributed by atoms with Crippen LogP contribution in [0.3, 0.4) is 0 Å². The van der Waals surface area contributed by atoms with Crippen molar-refractivity contribution < 1.29 is 9.53 Å². The second-order valence-corrected chi connectivity index (χ2v) is 3.36. The molecule has 0 saturated heterocycles. The zero-order chi connectivity index (χ0) is 9.52. The number of carbonyl (C=O) groups excluding carboxylic acids is 1. The highest BCUT2D eigenvalue weighted by molar-refractivity contribution is 9.09. The fourth-order valence-corrected chi connectivity index (χ4v) is 1.12. The summed E-state index contributed by atoms with van der Waals surface area (Å²) in [4.78, 5) is 12.7. The first-order chi connectivity index (χ1) is 6.34. The maximum absolute atomic E-state index is 11.3. The molecular weight excluding hydrogens is 234 g/mol. The Balaban J connectivity index is 2.26.